The third kappa shape index (κ3) is 25.0. The molecule has 0 amide bonds. The predicted octanol–water partition coefficient (Wildman–Crippen LogP) is 20.8. The highest BCUT2D eigenvalue weighted by Crippen LogP contribution is 2.33. The summed E-state index contributed by atoms with van der Waals surface area (Å²) in [6.07, 6.45) is 72.0. The van der Waals surface area contributed by atoms with Gasteiger partial charge in [0.25, 0.3) is 0 Å². The van der Waals surface area contributed by atoms with E-state index in [2.05, 4.69) is 24.3 Å². The fourth-order valence-corrected chi connectivity index (χ4v) is 23.5. The topological polar surface area (TPSA) is 0 Å². The molecular formula is C60H112Si2. The minimum Gasteiger partial charge on any atom is -0.0631 e. The molecule has 4 aliphatic heterocycles. The summed E-state index contributed by atoms with van der Waals surface area (Å²) in [5.74, 6) is 0. The van der Waals surface area contributed by atoms with Crippen LogP contribution in [0.1, 0.15) is 308 Å². The molecule has 2 spiro atoms. The zero-order valence-electron chi connectivity index (χ0n) is 42.5. The Morgan fingerprint density at radius 3 is 0.355 bits per heavy atom. The number of hydrogen-bond acceptors (Lipinski definition) is 0. The lowest BCUT2D eigenvalue weighted by molar-refractivity contribution is 0.530. The third-order valence-corrected chi connectivity index (χ3v) is 28.3. The Morgan fingerprint density at radius 2 is 0.242 bits per heavy atom. The normalized spacial score (nSPS) is 25.1. The SMILES string of the molecule is c1cc2ccc1[Si]1(CCCCCCCCCCCCCCCCCC1)CCCCCCCCCCCCCCCCCC[Si]21CCCCCCCCCCCCCCCCCC1. The highest BCUT2D eigenvalue weighted by Gasteiger charge is 2.36. The van der Waals surface area contributed by atoms with Crippen molar-refractivity contribution in [2.45, 2.75) is 344 Å². The monoisotopic (exact) mass is 889 g/mol. The lowest BCUT2D eigenvalue weighted by atomic mass is 10.0. The Labute approximate surface area is 393 Å². The van der Waals surface area contributed by atoms with Crippen LogP contribution in [0.25, 0.3) is 0 Å². The molecule has 2 saturated heterocycles. The van der Waals surface area contributed by atoms with Crippen LogP contribution in [0, 0.1) is 0 Å². The number of hydrogen-bond donors (Lipinski definition) is 0. The molecule has 4 aliphatic rings. The van der Waals surface area contributed by atoms with Gasteiger partial charge in [0, 0.05) is 0 Å². The molecule has 0 aromatic heterocycles. The summed E-state index contributed by atoms with van der Waals surface area (Å²) < 4.78 is 0. The van der Waals surface area contributed by atoms with Crippen molar-refractivity contribution in [1.29, 1.82) is 0 Å². The van der Waals surface area contributed by atoms with Crippen molar-refractivity contribution < 1.29 is 0 Å². The van der Waals surface area contributed by atoms with E-state index in [0.29, 0.717) is 0 Å². The molecule has 0 radical (unpaired) electrons. The Balaban J connectivity index is 1.58. The van der Waals surface area contributed by atoms with Crippen LogP contribution in [0.4, 0.5) is 0 Å². The molecular weight excluding hydrogens is 777 g/mol. The number of fused-ring (bicyclic) bond motifs is 19. The molecule has 0 atom stereocenters. The first-order valence-electron chi connectivity index (χ1n) is 29.9. The minimum absolute atomic E-state index is 1.50. The van der Waals surface area contributed by atoms with Gasteiger partial charge in [0.2, 0.25) is 0 Å². The quantitative estimate of drug-likeness (QED) is 0.228. The van der Waals surface area contributed by atoms with Gasteiger partial charge in [-0.1, -0.05) is 379 Å². The van der Waals surface area contributed by atoms with Crippen molar-refractivity contribution in [3.63, 3.8) is 0 Å². The molecule has 5 rings (SSSR count). The van der Waals surface area contributed by atoms with E-state index in [4.69, 9.17) is 0 Å². The maximum atomic E-state index is 2.87. The first kappa shape index (κ1) is 54.3. The van der Waals surface area contributed by atoms with Gasteiger partial charge in [0.05, 0.1) is 16.1 Å². The molecule has 2 bridgehead atoms. The smallest absolute Gasteiger partial charge is 0.0631 e. The first-order valence-corrected chi connectivity index (χ1v) is 35.2. The molecule has 0 N–H and O–H groups in total. The molecule has 0 saturated carbocycles. The van der Waals surface area contributed by atoms with Crippen molar-refractivity contribution >= 4 is 26.5 Å². The van der Waals surface area contributed by atoms with E-state index in [-0.39, 0.29) is 0 Å². The summed E-state index contributed by atoms with van der Waals surface area (Å²) in [6.45, 7) is 0. The van der Waals surface area contributed by atoms with Gasteiger partial charge in [-0.25, -0.2) is 0 Å². The third-order valence-electron chi connectivity index (χ3n) is 17.3. The maximum absolute atomic E-state index is 2.87. The van der Waals surface area contributed by atoms with Crippen LogP contribution in [-0.2, 0) is 0 Å². The second-order valence-electron chi connectivity index (χ2n) is 22.6. The average Bonchev–Trinajstić information content (AvgIpc) is 3.29. The largest absolute Gasteiger partial charge is 0.0867 e. The highest BCUT2D eigenvalue weighted by atomic mass is 28.3. The molecule has 62 heavy (non-hydrogen) atoms. The van der Waals surface area contributed by atoms with Crippen molar-refractivity contribution in [3.05, 3.63) is 24.3 Å². The summed E-state index contributed by atoms with van der Waals surface area (Å²) >= 11 is 0. The van der Waals surface area contributed by atoms with Crippen molar-refractivity contribution in [1.82, 2.24) is 0 Å². The molecule has 0 unspecified atom stereocenters. The van der Waals surface area contributed by atoms with Gasteiger partial charge in [-0.3, -0.25) is 0 Å². The second kappa shape index (κ2) is 37.7. The molecule has 0 aliphatic carbocycles. The molecule has 1 aromatic rings. The molecule has 0 nitrogen and oxygen atoms in total. The maximum Gasteiger partial charge on any atom is 0.0867 e. The van der Waals surface area contributed by atoms with Crippen LogP contribution < -0.4 is 10.4 Å². The second-order valence-corrected chi connectivity index (χ2v) is 31.9. The van der Waals surface area contributed by atoms with Gasteiger partial charge in [-0.05, 0) is 0 Å². The Bertz CT molecular complexity index is 981. The van der Waals surface area contributed by atoms with Crippen molar-refractivity contribution in [3.8, 4) is 0 Å². The minimum atomic E-state index is -1.59. The lowest BCUT2D eigenvalue weighted by Crippen LogP contribution is -2.51. The summed E-state index contributed by atoms with van der Waals surface area (Å²) in [7, 11) is -3.18. The van der Waals surface area contributed by atoms with Crippen LogP contribution in [0.15, 0.2) is 24.3 Å². The van der Waals surface area contributed by atoms with E-state index >= 15 is 0 Å². The number of rotatable bonds is 0. The Kier molecular flexibility index (Phi) is 33.0. The molecule has 2 heteroatoms. The fourth-order valence-electron chi connectivity index (χ4n) is 13.0. The molecule has 360 valence electrons. The fraction of sp³-hybridized carbons (Fsp3) is 0.900. The number of benzene rings is 1. The van der Waals surface area contributed by atoms with Gasteiger partial charge in [-0.15, -0.1) is 0 Å². The summed E-state index contributed by atoms with van der Waals surface area (Å²) in [5, 5.41) is 3.84. The van der Waals surface area contributed by atoms with Gasteiger partial charge >= 0.3 is 0 Å². The van der Waals surface area contributed by atoms with E-state index in [9.17, 15) is 0 Å². The summed E-state index contributed by atoms with van der Waals surface area (Å²) in [4.78, 5) is 0. The summed E-state index contributed by atoms with van der Waals surface area (Å²) in [6, 6.07) is 21.0. The zero-order valence-corrected chi connectivity index (χ0v) is 44.5. The van der Waals surface area contributed by atoms with Crippen molar-refractivity contribution in [2.24, 2.45) is 0 Å². The standard InChI is InChI=1S/C60H112Si2/c1-2-8-14-20-26-32-38-44-54-61(53-43-37-31-25-19-13-7-1)57-47-41-35-29-23-17-11-5-6-12-18-24-30-36-42-48-58-62(60-51-49-59(61)50-52-60)55-45-39-33-27-21-15-9-3-4-10-16-22-28-34-40-46-56-62/h49-52H,1-48,53-58H2. The highest BCUT2D eigenvalue weighted by molar-refractivity contribution is 6.93. The molecule has 2 fully saturated rings. The van der Waals surface area contributed by atoms with Gasteiger partial charge in [-0.2, -0.15) is 0 Å². The van der Waals surface area contributed by atoms with Crippen molar-refractivity contribution in [2.75, 3.05) is 0 Å². The average molecular weight is 890 g/mol. The van der Waals surface area contributed by atoms with Gasteiger partial charge in [0.15, 0.2) is 0 Å². The van der Waals surface area contributed by atoms with Gasteiger partial charge in [0.1, 0.15) is 0 Å². The Morgan fingerprint density at radius 1 is 0.145 bits per heavy atom. The van der Waals surface area contributed by atoms with Crippen LogP contribution >= 0.6 is 0 Å². The van der Waals surface area contributed by atoms with Crippen LogP contribution in [0.2, 0.25) is 36.3 Å². The van der Waals surface area contributed by atoms with Crippen LogP contribution in [0.3, 0.4) is 0 Å². The van der Waals surface area contributed by atoms with Crippen LogP contribution in [0.5, 0.6) is 0 Å². The van der Waals surface area contributed by atoms with E-state index < -0.39 is 16.1 Å². The summed E-state index contributed by atoms with van der Waals surface area (Å²) in [5.41, 5.74) is 0. The Hall–Kier alpha value is -0.346. The zero-order chi connectivity index (χ0) is 43.2. The predicted molar refractivity (Wildman–Crippen MR) is 288 cm³/mol. The van der Waals surface area contributed by atoms with E-state index in [1.165, 1.54) is 308 Å². The van der Waals surface area contributed by atoms with E-state index in [1.807, 2.05) is 10.4 Å². The van der Waals surface area contributed by atoms with E-state index in [0.717, 1.165) is 0 Å². The van der Waals surface area contributed by atoms with E-state index in [1.54, 1.807) is 36.3 Å². The molecule has 4 heterocycles. The van der Waals surface area contributed by atoms with Crippen LogP contribution in [-0.4, -0.2) is 16.1 Å². The molecule has 1 aromatic carbocycles. The van der Waals surface area contributed by atoms with Gasteiger partial charge < -0.3 is 0 Å². The first-order chi connectivity index (χ1) is 30.8. The lowest BCUT2D eigenvalue weighted by Gasteiger charge is -2.36.